The van der Waals surface area contributed by atoms with Gasteiger partial charge in [0.25, 0.3) is 0 Å². The Labute approximate surface area is 271 Å². The third-order valence-corrected chi connectivity index (χ3v) is 15.6. The van der Waals surface area contributed by atoms with Crippen molar-refractivity contribution in [2.45, 2.75) is 66.5 Å². The first kappa shape index (κ1) is 36.3. The number of carbonyl (C=O) groups is 1. The molecular weight excluding hydrogens is 732 g/mol. The third kappa shape index (κ3) is 6.35. The van der Waals surface area contributed by atoms with Crippen LogP contribution in [0.1, 0.15) is 27.7 Å². The molecule has 0 radical (unpaired) electrons. The van der Waals surface area contributed by atoms with Crippen molar-refractivity contribution >= 4 is 60.6 Å². The lowest BCUT2D eigenvalue weighted by Gasteiger charge is -2.40. The Balaban J connectivity index is 1.97. The molecule has 18 heteroatoms. The van der Waals surface area contributed by atoms with Gasteiger partial charge in [0.05, 0.1) is 17.5 Å². The highest BCUT2D eigenvalue weighted by atomic mass is 32.3. The van der Waals surface area contributed by atoms with Gasteiger partial charge < -0.3 is 0 Å². The maximum Gasteiger partial charge on any atom is 0.460 e. The van der Waals surface area contributed by atoms with E-state index in [0.717, 1.165) is 34.4 Å². The minimum absolute atomic E-state index is 0.142. The summed E-state index contributed by atoms with van der Waals surface area (Å²) in [5.41, 5.74) is 1.18. The summed E-state index contributed by atoms with van der Waals surface area (Å²) in [6.07, 6.45) is -7.24. The minimum Gasteiger partial charge on any atom is -0.294 e. The van der Waals surface area contributed by atoms with Crippen molar-refractivity contribution in [1.82, 2.24) is 0 Å². The summed E-state index contributed by atoms with van der Waals surface area (Å²) < 4.78 is 158. The Bertz CT molecular complexity index is 1780. The van der Waals surface area contributed by atoms with Crippen molar-refractivity contribution < 1.29 is 56.4 Å². The highest BCUT2D eigenvalue weighted by Gasteiger charge is 2.86. The van der Waals surface area contributed by atoms with Gasteiger partial charge >= 0.3 is 33.4 Å². The van der Waals surface area contributed by atoms with E-state index in [4.69, 9.17) is 3.63 Å². The van der Waals surface area contributed by atoms with Crippen LogP contribution < -0.4 is 0 Å². The number of aryl methyl sites for hydroxylation is 2. The van der Waals surface area contributed by atoms with E-state index in [1.54, 1.807) is 26.0 Å². The highest BCUT2D eigenvalue weighted by molar-refractivity contribution is 8.34. The lowest BCUT2D eigenvalue weighted by molar-refractivity contribution is -0.382. The standard InChI is InChI=1S/C28H21F9O4S5/c1-16-4-8-19(9-5-16)45(20-10-6-17(2)7-11-20,24-15-14-23(44-24)43-22-13-12-21(42-22)18(3)38)41-46(39,40)28(36,37)26(31,32)25(29,30)27(33,34)35/h4-15H,1-3H3. The first-order valence-corrected chi connectivity index (χ1v) is 18.0. The normalized spacial score (nSPS) is 14.0. The molecular formula is C28H21F9O4S5. The van der Waals surface area contributed by atoms with E-state index in [2.05, 4.69) is 0 Å². The molecule has 0 unspecified atom stereocenters. The SMILES string of the molecule is CC(=O)c1ccc(Sc2ccc(S(OS(=O)(=O)C(F)(F)C(F)(F)C(F)(F)C(F)(F)F)(c3ccc(C)cc3)c3ccc(C)cc3)s2)s1. The largest absolute Gasteiger partial charge is 0.460 e. The summed E-state index contributed by atoms with van der Waals surface area (Å²) in [6, 6.07) is 16.6. The molecule has 4 aromatic rings. The van der Waals surface area contributed by atoms with Crippen LogP contribution in [0, 0.1) is 13.8 Å². The number of rotatable bonds is 11. The molecule has 2 aromatic carbocycles. The Kier molecular flexibility index (Phi) is 9.87. The van der Waals surface area contributed by atoms with Crippen LogP contribution in [0.15, 0.2) is 95.2 Å². The first-order valence-electron chi connectivity index (χ1n) is 12.6. The predicted octanol–water partition coefficient (Wildman–Crippen LogP) is 10.7. The van der Waals surface area contributed by atoms with Crippen molar-refractivity contribution in [3.63, 3.8) is 0 Å². The number of ketones is 1. The number of alkyl halides is 9. The number of thiophene rings is 2. The fourth-order valence-corrected chi connectivity index (χ4v) is 13.5. The van der Waals surface area contributed by atoms with Gasteiger partial charge in [-0.05, 0) is 79.6 Å². The summed E-state index contributed by atoms with van der Waals surface area (Å²) >= 11 is 3.01. The third-order valence-electron chi connectivity index (χ3n) is 6.30. The molecule has 0 bridgehead atoms. The predicted molar refractivity (Wildman–Crippen MR) is 158 cm³/mol. The lowest BCUT2D eigenvalue weighted by atomic mass is 10.1. The van der Waals surface area contributed by atoms with E-state index in [1.807, 2.05) is 0 Å². The highest BCUT2D eigenvalue weighted by Crippen LogP contribution is 2.73. The molecule has 2 heterocycles. The van der Waals surface area contributed by atoms with Gasteiger partial charge in [-0.25, -0.2) is 3.63 Å². The Morgan fingerprint density at radius 2 is 1.13 bits per heavy atom. The molecule has 4 nitrogen and oxygen atoms in total. The molecule has 0 atom stereocenters. The van der Waals surface area contributed by atoms with Crippen LogP contribution in [0.3, 0.4) is 0 Å². The summed E-state index contributed by atoms with van der Waals surface area (Å²) in [7, 11) is -11.4. The van der Waals surface area contributed by atoms with E-state index in [0.29, 0.717) is 24.4 Å². The quantitative estimate of drug-likeness (QED) is 0.113. The average Bonchev–Trinajstić information content (AvgIpc) is 3.62. The summed E-state index contributed by atoms with van der Waals surface area (Å²) in [5, 5.41) is -7.07. The zero-order valence-electron chi connectivity index (χ0n) is 23.5. The number of Topliss-reactive ketones (excluding diaryl/α,β-unsaturated/α-hetero) is 1. The molecule has 46 heavy (non-hydrogen) atoms. The van der Waals surface area contributed by atoms with Gasteiger partial charge in [-0.3, -0.25) is 4.79 Å². The summed E-state index contributed by atoms with van der Waals surface area (Å²) in [5.74, 6) is -15.1. The van der Waals surface area contributed by atoms with Gasteiger partial charge in [-0.15, -0.1) is 22.7 Å². The number of carbonyl (C=O) groups excluding carboxylic acids is 1. The van der Waals surface area contributed by atoms with Crippen LogP contribution in [-0.4, -0.2) is 37.5 Å². The van der Waals surface area contributed by atoms with Crippen LogP contribution in [-0.2, 0) is 13.7 Å². The second-order valence-corrected chi connectivity index (χ2v) is 18.2. The van der Waals surface area contributed by atoms with Crippen LogP contribution in [0.2, 0.25) is 0 Å². The maximum absolute atomic E-state index is 15.1. The monoisotopic (exact) mass is 752 g/mol. The van der Waals surface area contributed by atoms with E-state index in [1.165, 1.54) is 67.6 Å². The Morgan fingerprint density at radius 3 is 1.57 bits per heavy atom. The van der Waals surface area contributed by atoms with Gasteiger partial charge in [0.2, 0.25) is 0 Å². The second kappa shape index (κ2) is 12.5. The molecule has 2 aromatic heterocycles. The van der Waals surface area contributed by atoms with Crippen LogP contribution in [0.5, 0.6) is 0 Å². The molecule has 0 aliphatic carbocycles. The van der Waals surface area contributed by atoms with E-state index >= 15 is 8.78 Å². The van der Waals surface area contributed by atoms with Crippen molar-refractivity contribution in [3.05, 3.63) is 88.8 Å². The van der Waals surface area contributed by atoms with Gasteiger partial charge in [-0.2, -0.15) is 47.9 Å². The van der Waals surface area contributed by atoms with Crippen molar-refractivity contribution in [2.24, 2.45) is 0 Å². The lowest BCUT2D eigenvalue weighted by Crippen LogP contribution is -2.63. The summed E-state index contributed by atoms with van der Waals surface area (Å²) in [6.45, 7) is 4.59. The molecule has 250 valence electrons. The molecule has 0 N–H and O–H groups in total. The Hall–Kier alpha value is -2.51. The van der Waals surface area contributed by atoms with Crippen LogP contribution >= 0.6 is 44.7 Å². The second-order valence-electron chi connectivity index (χ2n) is 9.72. The van der Waals surface area contributed by atoms with Gasteiger partial charge in [0.1, 0.15) is 0 Å². The minimum atomic E-state index is -7.48. The molecule has 0 aliphatic rings. The number of halogens is 9. The molecule has 0 fully saturated rings. The van der Waals surface area contributed by atoms with Crippen molar-refractivity contribution in [1.29, 1.82) is 0 Å². The maximum atomic E-state index is 15.1. The fourth-order valence-electron chi connectivity index (χ4n) is 3.81. The number of benzene rings is 2. The van der Waals surface area contributed by atoms with E-state index in [-0.39, 0.29) is 19.8 Å². The molecule has 0 spiro atoms. The fraction of sp³-hybridized carbons (Fsp3) is 0.250. The van der Waals surface area contributed by atoms with Crippen molar-refractivity contribution in [3.8, 4) is 0 Å². The van der Waals surface area contributed by atoms with E-state index in [9.17, 15) is 43.9 Å². The average molecular weight is 753 g/mol. The van der Waals surface area contributed by atoms with E-state index < -0.39 is 43.7 Å². The molecule has 0 saturated heterocycles. The smallest absolute Gasteiger partial charge is 0.294 e. The zero-order chi connectivity index (χ0) is 34.5. The zero-order valence-corrected chi connectivity index (χ0v) is 27.6. The number of hydrogen-bond acceptors (Lipinski definition) is 7. The first-order chi connectivity index (χ1) is 21.1. The molecule has 0 aliphatic heterocycles. The summed E-state index contributed by atoms with van der Waals surface area (Å²) in [4.78, 5) is 11.8. The molecule has 0 saturated carbocycles. The molecule has 4 rings (SSSR count). The van der Waals surface area contributed by atoms with Crippen LogP contribution in [0.25, 0.3) is 0 Å². The number of hydrogen-bond donors (Lipinski definition) is 0. The topological polar surface area (TPSA) is 60.4 Å². The van der Waals surface area contributed by atoms with Crippen molar-refractivity contribution in [2.75, 3.05) is 0 Å². The van der Waals surface area contributed by atoms with Gasteiger partial charge in [-0.1, -0.05) is 47.2 Å². The van der Waals surface area contributed by atoms with Gasteiger partial charge in [0, 0.05) is 9.79 Å². The Morgan fingerprint density at radius 1 is 0.674 bits per heavy atom. The van der Waals surface area contributed by atoms with Crippen LogP contribution in [0.4, 0.5) is 39.5 Å². The molecule has 0 amide bonds. The van der Waals surface area contributed by atoms with Gasteiger partial charge in [0.15, 0.2) is 5.78 Å².